The molecular weight excluding hydrogens is 250 g/mol. The van der Waals surface area contributed by atoms with E-state index in [4.69, 9.17) is 0 Å². The lowest BCUT2D eigenvalue weighted by Crippen LogP contribution is -2.29. The Bertz CT molecular complexity index is 588. The number of para-hydroxylation sites is 1. The van der Waals surface area contributed by atoms with Crippen molar-refractivity contribution in [2.45, 2.75) is 26.9 Å². The summed E-state index contributed by atoms with van der Waals surface area (Å²) in [6.07, 6.45) is 2.00. The fourth-order valence-corrected chi connectivity index (χ4v) is 2.32. The van der Waals surface area contributed by atoms with E-state index >= 15 is 0 Å². The molecule has 0 saturated heterocycles. The van der Waals surface area contributed by atoms with Crippen LogP contribution in [0.1, 0.15) is 19.4 Å². The topological polar surface area (TPSA) is 37.3 Å². The third-order valence-corrected chi connectivity index (χ3v) is 3.64. The average molecular weight is 273 g/mol. The molecule has 4 nitrogen and oxygen atoms in total. The van der Waals surface area contributed by atoms with E-state index in [2.05, 4.69) is 41.1 Å². The minimum Gasteiger partial charge on any atom is -0.344 e. The summed E-state index contributed by atoms with van der Waals surface area (Å²) in [5.74, 6) is 0.142. The Morgan fingerprint density at radius 2 is 2.10 bits per heavy atom. The number of hydrogen-bond acceptors (Lipinski definition) is 2. The van der Waals surface area contributed by atoms with Crippen LogP contribution in [0.15, 0.2) is 30.5 Å². The molecule has 108 valence electrons. The molecule has 0 aliphatic rings. The largest absolute Gasteiger partial charge is 0.344 e. The van der Waals surface area contributed by atoms with Gasteiger partial charge in [-0.25, -0.2) is 0 Å². The molecule has 0 radical (unpaired) electrons. The highest BCUT2D eigenvalue weighted by atomic mass is 16.2. The van der Waals surface area contributed by atoms with Crippen LogP contribution in [0.5, 0.6) is 0 Å². The van der Waals surface area contributed by atoms with E-state index in [1.807, 2.05) is 20.2 Å². The van der Waals surface area contributed by atoms with E-state index in [-0.39, 0.29) is 5.91 Å². The minimum atomic E-state index is 0.142. The molecule has 0 bridgehead atoms. The Morgan fingerprint density at radius 1 is 1.30 bits per heavy atom. The number of likely N-dealkylation sites (N-methyl/N-ethyl adjacent to an activating group) is 1. The predicted molar refractivity (Wildman–Crippen MR) is 82.6 cm³/mol. The first-order chi connectivity index (χ1) is 9.67. The number of nitrogens with one attached hydrogen (secondary N) is 1. The molecule has 1 aromatic carbocycles. The van der Waals surface area contributed by atoms with Crippen molar-refractivity contribution >= 4 is 16.8 Å². The summed E-state index contributed by atoms with van der Waals surface area (Å²) in [6, 6.07) is 8.36. The van der Waals surface area contributed by atoms with Gasteiger partial charge in [-0.15, -0.1) is 0 Å². The quantitative estimate of drug-likeness (QED) is 0.876. The summed E-state index contributed by atoms with van der Waals surface area (Å²) < 4.78 is 2.05. The number of hydrogen-bond donors (Lipinski definition) is 1. The molecule has 1 amide bonds. The van der Waals surface area contributed by atoms with E-state index < -0.39 is 0 Å². The van der Waals surface area contributed by atoms with Crippen molar-refractivity contribution in [3.8, 4) is 0 Å². The van der Waals surface area contributed by atoms with Crippen LogP contribution in [-0.4, -0.2) is 35.5 Å². The van der Waals surface area contributed by atoms with Crippen molar-refractivity contribution < 1.29 is 4.79 Å². The zero-order chi connectivity index (χ0) is 14.5. The zero-order valence-electron chi connectivity index (χ0n) is 12.5. The molecule has 0 fully saturated rings. The smallest absolute Gasteiger partial charge is 0.242 e. The molecule has 2 aromatic rings. The number of carbonyl (C=O) groups excluding carboxylic acids is 1. The zero-order valence-corrected chi connectivity index (χ0v) is 12.5. The van der Waals surface area contributed by atoms with Crippen LogP contribution >= 0.6 is 0 Å². The number of amides is 1. The first-order valence-electron chi connectivity index (χ1n) is 7.18. The molecule has 1 heterocycles. The van der Waals surface area contributed by atoms with Crippen molar-refractivity contribution in [2.75, 3.05) is 20.1 Å². The summed E-state index contributed by atoms with van der Waals surface area (Å²) in [7, 11) is 1.84. The molecular formula is C16H23N3O. The molecule has 0 saturated carbocycles. The number of fused-ring (bicyclic) bond motifs is 1. The van der Waals surface area contributed by atoms with Crippen LogP contribution in [0.3, 0.4) is 0 Å². The van der Waals surface area contributed by atoms with Crippen LogP contribution in [0.25, 0.3) is 10.9 Å². The lowest BCUT2D eigenvalue weighted by Gasteiger charge is -2.16. The van der Waals surface area contributed by atoms with E-state index in [1.165, 1.54) is 10.9 Å². The molecule has 0 aliphatic heterocycles. The summed E-state index contributed by atoms with van der Waals surface area (Å²) in [5.41, 5.74) is 2.40. The molecule has 0 unspecified atom stereocenters. The van der Waals surface area contributed by atoms with Gasteiger partial charge in [-0.2, -0.15) is 0 Å². The maximum atomic E-state index is 12.1. The van der Waals surface area contributed by atoms with Crippen LogP contribution < -0.4 is 5.32 Å². The maximum Gasteiger partial charge on any atom is 0.242 e. The van der Waals surface area contributed by atoms with Gasteiger partial charge in [-0.05, 0) is 30.5 Å². The summed E-state index contributed by atoms with van der Waals surface area (Å²) >= 11 is 0. The van der Waals surface area contributed by atoms with Gasteiger partial charge in [0.1, 0.15) is 6.54 Å². The van der Waals surface area contributed by atoms with Gasteiger partial charge in [0.05, 0.1) is 5.52 Å². The van der Waals surface area contributed by atoms with Crippen LogP contribution in [0, 0.1) is 0 Å². The molecule has 1 aromatic heterocycles. The highest BCUT2D eigenvalue weighted by molar-refractivity contribution is 5.85. The first-order valence-corrected chi connectivity index (χ1v) is 7.18. The fourth-order valence-electron chi connectivity index (χ4n) is 2.32. The third-order valence-electron chi connectivity index (χ3n) is 3.64. The molecule has 20 heavy (non-hydrogen) atoms. The second kappa shape index (κ2) is 6.57. The van der Waals surface area contributed by atoms with Gasteiger partial charge in [0.15, 0.2) is 0 Å². The highest BCUT2D eigenvalue weighted by Crippen LogP contribution is 2.20. The van der Waals surface area contributed by atoms with E-state index in [0.717, 1.165) is 25.2 Å². The van der Waals surface area contributed by atoms with Gasteiger partial charge in [-0.3, -0.25) is 4.79 Å². The molecule has 0 aliphatic carbocycles. The summed E-state index contributed by atoms with van der Waals surface area (Å²) in [6.45, 7) is 6.99. The molecule has 2 rings (SSSR count). The van der Waals surface area contributed by atoms with Crippen LogP contribution in [0.2, 0.25) is 0 Å². The van der Waals surface area contributed by atoms with Crippen LogP contribution in [0.4, 0.5) is 0 Å². The summed E-state index contributed by atoms with van der Waals surface area (Å²) in [4.78, 5) is 13.8. The molecule has 4 heteroatoms. The van der Waals surface area contributed by atoms with E-state index in [1.54, 1.807) is 4.90 Å². The van der Waals surface area contributed by atoms with Crippen molar-refractivity contribution in [1.29, 1.82) is 0 Å². The van der Waals surface area contributed by atoms with Gasteiger partial charge in [0.25, 0.3) is 0 Å². The van der Waals surface area contributed by atoms with Crippen LogP contribution in [-0.2, 0) is 17.9 Å². The average Bonchev–Trinajstić information content (AvgIpc) is 2.87. The fraction of sp³-hybridized carbons (Fsp3) is 0.438. The monoisotopic (exact) mass is 273 g/mol. The number of aromatic nitrogens is 1. The van der Waals surface area contributed by atoms with Crippen molar-refractivity contribution in [2.24, 2.45) is 0 Å². The third kappa shape index (κ3) is 3.02. The lowest BCUT2D eigenvalue weighted by atomic mass is 10.1. The standard InChI is InChI=1S/C16H23N3O/c1-4-17-11-14-8-6-7-13-9-10-19(16(13)14)12-15(20)18(3)5-2/h6-10,17H,4-5,11-12H2,1-3H3. The number of rotatable bonds is 6. The molecule has 0 spiro atoms. The number of nitrogens with zero attached hydrogens (tertiary/aromatic N) is 2. The van der Waals surface area contributed by atoms with Gasteiger partial charge in [-0.1, -0.05) is 25.1 Å². The van der Waals surface area contributed by atoms with Gasteiger partial charge >= 0.3 is 0 Å². The number of carbonyl (C=O) groups is 1. The Kier molecular flexibility index (Phi) is 4.79. The second-order valence-electron chi connectivity index (χ2n) is 4.99. The van der Waals surface area contributed by atoms with E-state index in [0.29, 0.717) is 6.54 Å². The normalized spacial score (nSPS) is 10.9. The Balaban J connectivity index is 2.31. The van der Waals surface area contributed by atoms with Gasteiger partial charge in [0, 0.05) is 26.3 Å². The summed E-state index contributed by atoms with van der Waals surface area (Å²) in [5, 5.41) is 4.54. The Morgan fingerprint density at radius 3 is 2.80 bits per heavy atom. The molecule has 1 N–H and O–H groups in total. The minimum absolute atomic E-state index is 0.142. The Labute approximate surface area is 120 Å². The van der Waals surface area contributed by atoms with Crippen molar-refractivity contribution in [3.05, 3.63) is 36.0 Å². The molecule has 0 atom stereocenters. The van der Waals surface area contributed by atoms with Gasteiger partial charge < -0.3 is 14.8 Å². The lowest BCUT2D eigenvalue weighted by molar-refractivity contribution is -0.130. The number of benzene rings is 1. The predicted octanol–water partition coefficient (Wildman–Crippen LogP) is 2.23. The van der Waals surface area contributed by atoms with Crippen molar-refractivity contribution in [3.63, 3.8) is 0 Å². The highest BCUT2D eigenvalue weighted by Gasteiger charge is 2.11. The Hall–Kier alpha value is -1.81. The SMILES string of the molecule is CCNCc1cccc2ccn(CC(=O)N(C)CC)c12. The maximum absolute atomic E-state index is 12.1. The second-order valence-corrected chi connectivity index (χ2v) is 4.99. The van der Waals surface area contributed by atoms with Gasteiger partial charge in [0.2, 0.25) is 5.91 Å². The van der Waals surface area contributed by atoms with E-state index in [9.17, 15) is 4.79 Å². The van der Waals surface area contributed by atoms with Crippen molar-refractivity contribution in [1.82, 2.24) is 14.8 Å². The first kappa shape index (κ1) is 14.6.